The van der Waals surface area contributed by atoms with Crippen LogP contribution in [0.2, 0.25) is 0 Å². The molecule has 20 heavy (non-hydrogen) atoms. The molecule has 1 saturated heterocycles. The number of carboxylic acids is 1. The van der Waals surface area contributed by atoms with E-state index in [2.05, 4.69) is 0 Å². The summed E-state index contributed by atoms with van der Waals surface area (Å²) < 4.78 is 5.03. The average molecular weight is 279 g/mol. The zero-order chi connectivity index (χ0) is 14.9. The van der Waals surface area contributed by atoms with Crippen LogP contribution in [0.25, 0.3) is 0 Å². The van der Waals surface area contributed by atoms with E-state index in [4.69, 9.17) is 9.84 Å². The summed E-state index contributed by atoms with van der Waals surface area (Å²) in [6, 6.07) is 4.00. The zero-order valence-electron chi connectivity index (χ0n) is 11.4. The van der Waals surface area contributed by atoms with Gasteiger partial charge in [-0.1, -0.05) is 0 Å². The van der Waals surface area contributed by atoms with Crippen molar-refractivity contribution < 1.29 is 24.5 Å². The number of likely N-dealkylation sites (tertiary alicyclic amines) is 1. The average Bonchev–Trinajstić information content (AvgIpc) is 2.80. The van der Waals surface area contributed by atoms with Crippen molar-refractivity contribution in [3.63, 3.8) is 0 Å². The van der Waals surface area contributed by atoms with Crippen molar-refractivity contribution in [2.75, 3.05) is 13.7 Å². The number of nitrogens with zero attached hydrogens (tertiary/aromatic N) is 1. The molecule has 1 aromatic carbocycles. The number of carboxylic acid groups (broad SMARTS) is 1. The second-order valence-corrected chi connectivity index (χ2v) is 4.86. The number of carbonyl (C=O) groups excluding carboxylic acids is 1. The van der Waals surface area contributed by atoms with Gasteiger partial charge in [0.15, 0.2) is 0 Å². The molecular weight excluding hydrogens is 262 g/mol. The van der Waals surface area contributed by atoms with E-state index >= 15 is 0 Å². The first-order chi connectivity index (χ1) is 9.45. The molecule has 2 unspecified atom stereocenters. The maximum atomic E-state index is 12.4. The van der Waals surface area contributed by atoms with Gasteiger partial charge in [0.2, 0.25) is 0 Å². The van der Waals surface area contributed by atoms with Crippen molar-refractivity contribution in [1.29, 1.82) is 0 Å². The molecule has 1 aliphatic heterocycles. The van der Waals surface area contributed by atoms with Gasteiger partial charge >= 0.3 is 5.97 Å². The Bertz CT molecular complexity index is 542. The predicted molar refractivity (Wildman–Crippen MR) is 70.9 cm³/mol. The summed E-state index contributed by atoms with van der Waals surface area (Å²) in [6.07, 6.45) is 0.424. The zero-order valence-corrected chi connectivity index (χ0v) is 11.4. The number of aliphatic carboxylic acids is 1. The van der Waals surface area contributed by atoms with Gasteiger partial charge < -0.3 is 19.8 Å². The molecule has 0 aromatic heterocycles. The lowest BCUT2D eigenvalue weighted by atomic mass is 10.0. The number of hydrogen-bond acceptors (Lipinski definition) is 4. The SMILES string of the molecule is COc1ccc(O)c(C(=O)N2CCC(C(=O)O)C2C)c1. The number of carbonyl (C=O) groups is 2. The number of methoxy groups -OCH3 is 1. The van der Waals surface area contributed by atoms with Crippen LogP contribution in [-0.4, -0.2) is 46.7 Å². The smallest absolute Gasteiger partial charge is 0.308 e. The first-order valence-corrected chi connectivity index (χ1v) is 6.36. The van der Waals surface area contributed by atoms with Gasteiger partial charge in [0.1, 0.15) is 11.5 Å². The Balaban J connectivity index is 2.26. The molecule has 1 amide bonds. The largest absolute Gasteiger partial charge is 0.507 e. The maximum Gasteiger partial charge on any atom is 0.308 e. The highest BCUT2D eigenvalue weighted by atomic mass is 16.5. The normalized spacial score (nSPS) is 21.8. The summed E-state index contributed by atoms with van der Waals surface area (Å²) in [4.78, 5) is 25.0. The number of phenolic OH excluding ortho intramolecular Hbond substituents is 1. The number of rotatable bonds is 3. The van der Waals surface area contributed by atoms with Crippen molar-refractivity contribution in [1.82, 2.24) is 4.90 Å². The lowest BCUT2D eigenvalue weighted by molar-refractivity contribution is -0.142. The maximum absolute atomic E-state index is 12.4. The molecule has 108 valence electrons. The van der Waals surface area contributed by atoms with Crippen LogP contribution < -0.4 is 4.74 Å². The summed E-state index contributed by atoms with van der Waals surface area (Å²) >= 11 is 0. The fraction of sp³-hybridized carbons (Fsp3) is 0.429. The predicted octanol–water partition coefficient (Wildman–Crippen LogP) is 1.34. The molecule has 1 aromatic rings. The molecule has 2 atom stereocenters. The van der Waals surface area contributed by atoms with Gasteiger partial charge in [0, 0.05) is 12.6 Å². The van der Waals surface area contributed by atoms with Gasteiger partial charge in [-0.25, -0.2) is 0 Å². The Kier molecular flexibility index (Phi) is 3.83. The van der Waals surface area contributed by atoms with Crippen molar-refractivity contribution in [2.24, 2.45) is 5.92 Å². The third-order valence-corrected chi connectivity index (χ3v) is 3.77. The monoisotopic (exact) mass is 279 g/mol. The van der Waals surface area contributed by atoms with Crippen LogP contribution in [0.15, 0.2) is 18.2 Å². The van der Waals surface area contributed by atoms with E-state index in [1.165, 1.54) is 24.1 Å². The first-order valence-electron chi connectivity index (χ1n) is 6.36. The summed E-state index contributed by atoms with van der Waals surface area (Å²) in [6.45, 7) is 2.08. The lowest BCUT2D eigenvalue weighted by Crippen LogP contribution is -2.37. The molecule has 0 bridgehead atoms. The minimum atomic E-state index is -0.900. The molecule has 1 fully saturated rings. The summed E-state index contributed by atoms with van der Waals surface area (Å²) in [7, 11) is 1.47. The highest BCUT2D eigenvalue weighted by Crippen LogP contribution is 2.30. The van der Waals surface area contributed by atoms with E-state index in [1.807, 2.05) is 0 Å². The van der Waals surface area contributed by atoms with Gasteiger partial charge in [0.25, 0.3) is 5.91 Å². The standard InChI is InChI=1S/C14H17NO5/c1-8-10(14(18)19)5-6-15(8)13(17)11-7-9(20-2)3-4-12(11)16/h3-4,7-8,10,16H,5-6H2,1-2H3,(H,18,19). The number of phenols is 1. The number of ether oxygens (including phenoxy) is 1. The molecule has 0 aliphatic carbocycles. The molecule has 2 rings (SSSR count). The van der Waals surface area contributed by atoms with Crippen molar-refractivity contribution >= 4 is 11.9 Å². The Labute approximate surface area is 116 Å². The van der Waals surface area contributed by atoms with Gasteiger partial charge in [0.05, 0.1) is 18.6 Å². The van der Waals surface area contributed by atoms with Crippen molar-refractivity contribution in [2.45, 2.75) is 19.4 Å². The fourth-order valence-electron chi connectivity index (χ4n) is 2.52. The number of aromatic hydroxyl groups is 1. The Morgan fingerprint density at radius 3 is 2.65 bits per heavy atom. The van der Waals surface area contributed by atoms with Crippen LogP contribution in [0.5, 0.6) is 11.5 Å². The Morgan fingerprint density at radius 2 is 2.10 bits per heavy atom. The molecule has 1 heterocycles. The minimum Gasteiger partial charge on any atom is -0.507 e. The molecule has 2 N–H and O–H groups in total. The third kappa shape index (κ3) is 2.41. The third-order valence-electron chi connectivity index (χ3n) is 3.77. The van der Waals surface area contributed by atoms with Gasteiger partial charge in [-0.3, -0.25) is 9.59 Å². The van der Waals surface area contributed by atoms with Crippen LogP contribution in [0.4, 0.5) is 0 Å². The van der Waals surface area contributed by atoms with E-state index in [0.717, 1.165) is 0 Å². The molecule has 1 aliphatic rings. The molecule has 6 nitrogen and oxygen atoms in total. The Morgan fingerprint density at radius 1 is 1.40 bits per heavy atom. The van der Waals surface area contributed by atoms with Gasteiger partial charge in [-0.05, 0) is 31.5 Å². The lowest BCUT2D eigenvalue weighted by Gasteiger charge is -2.23. The molecular formula is C14H17NO5. The van der Waals surface area contributed by atoms with Crippen LogP contribution >= 0.6 is 0 Å². The molecule has 0 spiro atoms. The number of benzene rings is 1. The van der Waals surface area contributed by atoms with E-state index in [9.17, 15) is 14.7 Å². The minimum absolute atomic E-state index is 0.127. The second kappa shape index (κ2) is 5.40. The summed E-state index contributed by atoms with van der Waals surface area (Å²) in [5.74, 6) is -1.51. The van der Waals surface area contributed by atoms with E-state index in [0.29, 0.717) is 18.7 Å². The van der Waals surface area contributed by atoms with Crippen LogP contribution in [0.3, 0.4) is 0 Å². The number of hydrogen-bond donors (Lipinski definition) is 2. The van der Waals surface area contributed by atoms with Gasteiger partial charge in [-0.15, -0.1) is 0 Å². The first kappa shape index (κ1) is 14.2. The second-order valence-electron chi connectivity index (χ2n) is 4.86. The van der Waals surface area contributed by atoms with Crippen LogP contribution in [0, 0.1) is 5.92 Å². The van der Waals surface area contributed by atoms with E-state index < -0.39 is 17.9 Å². The van der Waals surface area contributed by atoms with E-state index in [-0.39, 0.29) is 17.2 Å². The highest BCUT2D eigenvalue weighted by Gasteiger charge is 2.38. The van der Waals surface area contributed by atoms with Crippen LogP contribution in [0.1, 0.15) is 23.7 Å². The van der Waals surface area contributed by atoms with Gasteiger partial charge in [-0.2, -0.15) is 0 Å². The Hall–Kier alpha value is -2.24. The van der Waals surface area contributed by atoms with Crippen LogP contribution in [-0.2, 0) is 4.79 Å². The molecule has 0 saturated carbocycles. The summed E-state index contributed by atoms with van der Waals surface area (Å²) in [5, 5.41) is 18.9. The molecule has 0 radical (unpaired) electrons. The summed E-state index contributed by atoms with van der Waals surface area (Å²) in [5.41, 5.74) is 0.127. The molecule has 6 heteroatoms. The topological polar surface area (TPSA) is 87.1 Å². The number of amides is 1. The van der Waals surface area contributed by atoms with E-state index in [1.54, 1.807) is 13.0 Å². The highest BCUT2D eigenvalue weighted by molar-refractivity contribution is 5.98. The fourth-order valence-corrected chi connectivity index (χ4v) is 2.52. The van der Waals surface area contributed by atoms with Crippen molar-refractivity contribution in [3.05, 3.63) is 23.8 Å². The quantitative estimate of drug-likeness (QED) is 0.871. The van der Waals surface area contributed by atoms with Crippen molar-refractivity contribution in [3.8, 4) is 11.5 Å².